The molecule has 0 radical (unpaired) electrons. The number of hydrogen-bond acceptors (Lipinski definition) is 5. The van der Waals surface area contributed by atoms with Gasteiger partial charge < -0.3 is 14.9 Å². The fourth-order valence-electron chi connectivity index (χ4n) is 3.81. The van der Waals surface area contributed by atoms with Gasteiger partial charge in [0.15, 0.2) is 0 Å². The van der Waals surface area contributed by atoms with Crippen LogP contribution in [0, 0.1) is 5.92 Å². The van der Waals surface area contributed by atoms with E-state index in [1.165, 1.54) is 18.4 Å². The quantitative estimate of drug-likeness (QED) is 0.670. The Balaban J connectivity index is 1.25. The van der Waals surface area contributed by atoms with E-state index in [1.807, 2.05) is 18.2 Å². The molecule has 0 bridgehead atoms. The van der Waals surface area contributed by atoms with Gasteiger partial charge >= 0.3 is 5.97 Å². The maximum atomic E-state index is 11.1. The molecule has 1 aromatic carbocycles. The van der Waals surface area contributed by atoms with Gasteiger partial charge in [0.05, 0.1) is 12.2 Å². The van der Waals surface area contributed by atoms with Gasteiger partial charge in [0.2, 0.25) is 0 Å². The van der Waals surface area contributed by atoms with Crippen LogP contribution in [-0.2, 0) is 17.8 Å². The molecule has 2 aliphatic carbocycles. The van der Waals surface area contributed by atoms with Crippen molar-refractivity contribution in [3.05, 3.63) is 53.4 Å². The predicted octanol–water partition coefficient (Wildman–Crippen LogP) is 2.68. The van der Waals surface area contributed by atoms with Crippen LogP contribution in [0.25, 0.3) is 0 Å². The molecule has 0 amide bonds. The molecular weight excluding hydrogens is 342 g/mol. The third-order valence-corrected chi connectivity index (χ3v) is 5.68. The smallest absolute Gasteiger partial charge is 0.317 e. The average Bonchev–Trinajstić information content (AvgIpc) is 3.32. The molecular formula is C21H27N3O3. The van der Waals surface area contributed by atoms with Crippen LogP contribution < -0.4 is 5.32 Å². The Morgan fingerprint density at radius 1 is 1.26 bits per heavy atom. The normalized spacial score (nSPS) is 22.0. The van der Waals surface area contributed by atoms with E-state index < -0.39 is 5.97 Å². The molecule has 6 nitrogen and oxygen atoms in total. The Morgan fingerprint density at radius 3 is 2.74 bits per heavy atom. The zero-order valence-corrected chi connectivity index (χ0v) is 15.5. The second kappa shape index (κ2) is 8.23. The number of carbonyl (C=O) groups is 1. The summed E-state index contributed by atoms with van der Waals surface area (Å²) >= 11 is 0. The molecule has 2 saturated carbocycles. The average molecular weight is 369 g/mol. The molecule has 0 unspecified atom stereocenters. The van der Waals surface area contributed by atoms with E-state index >= 15 is 0 Å². The van der Waals surface area contributed by atoms with Gasteiger partial charge in [-0.15, -0.1) is 0 Å². The number of nitrogens with one attached hydrogen (secondary N) is 1. The van der Waals surface area contributed by atoms with Crippen molar-refractivity contribution in [1.82, 2.24) is 15.4 Å². The zero-order chi connectivity index (χ0) is 18.6. The minimum absolute atomic E-state index is 0.167. The number of nitrogens with zero attached hydrogens (tertiary/aromatic N) is 2. The standard InChI is InChI=1S/C21H27N3O3/c25-21(26)13-24(12-16-6-7-16)19-9-18(10-19)22-11-17-14-27-23-20(17)8-15-4-2-1-3-5-15/h1-5,14,16,18-19,22H,6-13H2,(H,25,26). The Bertz CT molecular complexity index is 751. The maximum absolute atomic E-state index is 11.1. The van der Waals surface area contributed by atoms with Crippen LogP contribution in [0.4, 0.5) is 0 Å². The lowest BCUT2D eigenvalue weighted by Crippen LogP contribution is -2.54. The fourth-order valence-corrected chi connectivity index (χ4v) is 3.81. The van der Waals surface area contributed by atoms with Crippen LogP contribution in [0.1, 0.15) is 42.5 Å². The molecule has 27 heavy (non-hydrogen) atoms. The topological polar surface area (TPSA) is 78.6 Å². The van der Waals surface area contributed by atoms with Crippen LogP contribution in [0.5, 0.6) is 0 Å². The first-order valence-corrected chi connectivity index (χ1v) is 9.82. The SMILES string of the molecule is O=C(O)CN(CC1CC1)C1CC(NCc2conc2Cc2ccccc2)C1. The second-order valence-electron chi connectivity index (χ2n) is 7.92. The van der Waals surface area contributed by atoms with Gasteiger partial charge in [-0.25, -0.2) is 0 Å². The summed E-state index contributed by atoms with van der Waals surface area (Å²) in [6.07, 6.45) is 7.03. The summed E-state index contributed by atoms with van der Waals surface area (Å²) in [4.78, 5) is 13.3. The number of carboxylic acids is 1. The molecule has 6 heteroatoms. The number of aliphatic carboxylic acids is 1. The molecule has 1 heterocycles. The van der Waals surface area contributed by atoms with Gasteiger partial charge in [-0.1, -0.05) is 35.5 Å². The molecule has 0 atom stereocenters. The molecule has 2 fully saturated rings. The van der Waals surface area contributed by atoms with Crippen LogP contribution >= 0.6 is 0 Å². The van der Waals surface area contributed by atoms with Crippen LogP contribution in [-0.4, -0.2) is 46.3 Å². The molecule has 1 aromatic heterocycles. The predicted molar refractivity (Wildman–Crippen MR) is 101 cm³/mol. The minimum Gasteiger partial charge on any atom is -0.480 e. The van der Waals surface area contributed by atoms with Crippen LogP contribution in [0.15, 0.2) is 41.1 Å². The monoisotopic (exact) mass is 369 g/mol. The molecule has 2 aromatic rings. The van der Waals surface area contributed by atoms with Crippen molar-refractivity contribution in [3.8, 4) is 0 Å². The fraction of sp³-hybridized carbons (Fsp3) is 0.524. The number of benzene rings is 1. The van der Waals surface area contributed by atoms with E-state index in [-0.39, 0.29) is 6.54 Å². The highest BCUT2D eigenvalue weighted by Crippen LogP contribution is 2.33. The number of hydrogen-bond donors (Lipinski definition) is 2. The first-order valence-electron chi connectivity index (χ1n) is 9.82. The van der Waals surface area contributed by atoms with Gasteiger partial charge in [-0.2, -0.15) is 0 Å². The summed E-state index contributed by atoms with van der Waals surface area (Å²) in [7, 11) is 0. The molecule has 0 spiro atoms. The van der Waals surface area contributed by atoms with Gasteiger partial charge in [-0.3, -0.25) is 9.69 Å². The van der Waals surface area contributed by atoms with E-state index in [1.54, 1.807) is 6.26 Å². The summed E-state index contributed by atoms with van der Waals surface area (Å²) in [5, 5.41) is 16.9. The number of rotatable bonds is 10. The second-order valence-corrected chi connectivity index (χ2v) is 7.92. The lowest BCUT2D eigenvalue weighted by atomic mass is 9.85. The molecule has 4 rings (SSSR count). The van der Waals surface area contributed by atoms with Gasteiger partial charge in [0.25, 0.3) is 0 Å². The van der Waals surface area contributed by atoms with E-state index in [9.17, 15) is 4.79 Å². The Labute approximate surface area is 159 Å². The van der Waals surface area contributed by atoms with E-state index in [0.29, 0.717) is 18.0 Å². The summed E-state index contributed by atoms with van der Waals surface area (Å²) in [5.41, 5.74) is 3.30. The lowest BCUT2D eigenvalue weighted by molar-refractivity contribution is -0.139. The van der Waals surface area contributed by atoms with E-state index in [2.05, 4.69) is 27.5 Å². The van der Waals surface area contributed by atoms with Crippen molar-refractivity contribution in [2.75, 3.05) is 13.1 Å². The third kappa shape index (κ3) is 4.96. The van der Waals surface area contributed by atoms with Gasteiger partial charge in [-0.05, 0) is 37.2 Å². The molecule has 144 valence electrons. The third-order valence-electron chi connectivity index (χ3n) is 5.68. The molecule has 0 aliphatic heterocycles. The van der Waals surface area contributed by atoms with Crippen molar-refractivity contribution in [3.63, 3.8) is 0 Å². The summed E-state index contributed by atoms with van der Waals surface area (Å²) in [6, 6.07) is 11.1. The summed E-state index contributed by atoms with van der Waals surface area (Å²) in [5.74, 6) is -0.00371. The minimum atomic E-state index is -0.720. The lowest BCUT2D eigenvalue weighted by Gasteiger charge is -2.43. The van der Waals surface area contributed by atoms with Gasteiger partial charge in [0, 0.05) is 37.2 Å². The number of carboxylic acid groups (broad SMARTS) is 1. The number of aromatic nitrogens is 1. The van der Waals surface area contributed by atoms with Crippen molar-refractivity contribution in [1.29, 1.82) is 0 Å². The van der Waals surface area contributed by atoms with Gasteiger partial charge in [0.1, 0.15) is 6.26 Å². The van der Waals surface area contributed by atoms with E-state index in [4.69, 9.17) is 9.63 Å². The Morgan fingerprint density at radius 2 is 2.04 bits per heavy atom. The van der Waals surface area contributed by atoms with Crippen molar-refractivity contribution in [2.45, 2.75) is 50.7 Å². The van der Waals surface area contributed by atoms with Crippen molar-refractivity contribution in [2.24, 2.45) is 5.92 Å². The molecule has 2 N–H and O–H groups in total. The van der Waals surface area contributed by atoms with Crippen LogP contribution in [0.2, 0.25) is 0 Å². The highest BCUT2D eigenvalue weighted by atomic mass is 16.5. The summed E-state index contributed by atoms with van der Waals surface area (Å²) < 4.78 is 5.19. The Kier molecular flexibility index (Phi) is 5.55. The first kappa shape index (κ1) is 18.2. The zero-order valence-electron chi connectivity index (χ0n) is 15.5. The van der Waals surface area contributed by atoms with E-state index in [0.717, 1.165) is 43.6 Å². The van der Waals surface area contributed by atoms with Crippen molar-refractivity contribution >= 4 is 5.97 Å². The first-order chi connectivity index (χ1) is 13.2. The highest BCUT2D eigenvalue weighted by molar-refractivity contribution is 5.69. The Hall–Kier alpha value is -2.18. The highest BCUT2D eigenvalue weighted by Gasteiger charge is 2.36. The molecule has 2 aliphatic rings. The van der Waals surface area contributed by atoms with Crippen molar-refractivity contribution < 1.29 is 14.4 Å². The molecule has 0 saturated heterocycles. The van der Waals surface area contributed by atoms with Crippen LogP contribution in [0.3, 0.4) is 0 Å². The largest absolute Gasteiger partial charge is 0.480 e. The maximum Gasteiger partial charge on any atom is 0.317 e. The summed E-state index contributed by atoms with van der Waals surface area (Å²) in [6.45, 7) is 1.85.